The van der Waals surface area contributed by atoms with Crippen LogP contribution in [0.25, 0.3) is 0 Å². The highest BCUT2D eigenvalue weighted by molar-refractivity contribution is 5.89. The minimum absolute atomic E-state index is 0.285. The first-order chi connectivity index (χ1) is 7.63. The van der Waals surface area contributed by atoms with Crippen molar-refractivity contribution in [3.63, 3.8) is 0 Å². The van der Waals surface area contributed by atoms with Gasteiger partial charge in [0.15, 0.2) is 0 Å². The van der Waals surface area contributed by atoms with E-state index in [1.54, 1.807) is 7.05 Å². The fourth-order valence-corrected chi connectivity index (χ4v) is 1.07. The van der Waals surface area contributed by atoms with Crippen LogP contribution in [0.15, 0.2) is 24.3 Å². The fraction of sp³-hybridized carbons (Fsp3) is 0.273. The standard InChI is InChI=1S/C11H12FN3O/c1-15(8-2-7-13)11(16)14-10-5-3-9(12)4-6-10/h3-6H,2,8H2,1H3,(H,14,16). The maximum Gasteiger partial charge on any atom is 0.321 e. The molecule has 0 aliphatic carbocycles. The smallest absolute Gasteiger partial charge is 0.321 e. The molecule has 84 valence electrons. The highest BCUT2D eigenvalue weighted by Crippen LogP contribution is 2.08. The number of benzene rings is 1. The molecular weight excluding hydrogens is 209 g/mol. The molecule has 16 heavy (non-hydrogen) atoms. The maximum atomic E-state index is 12.6. The third kappa shape index (κ3) is 3.58. The van der Waals surface area contributed by atoms with E-state index in [1.807, 2.05) is 6.07 Å². The van der Waals surface area contributed by atoms with Crippen LogP contribution >= 0.6 is 0 Å². The second kappa shape index (κ2) is 5.71. The van der Waals surface area contributed by atoms with Gasteiger partial charge in [-0.15, -0.1) is 0 Å². The number of nitrogens with zero attached hydrogens (tertiary/aromatic N) is 2. The van der Waals surface area contributed by atoms with Crippen molar-refractivity contribution < 1.29 is 9.18 Å². The van der Waals surface area contributed by atoms with Gasteiger partial charge in [-0.05, 0) is 24.3 Å². The number of amides is 2. The first-order valence-corrected chi connectivity index (χ1v) is 4.78. The number of hydrogen-bond acceptors (Lipinski definition) is 2. The first-order valence-electron chi connectivity index (χ1n) is 4.78. The summed E-state index contributed by atoms with van der Waals surface area (Å²) >= 11 is 0. The largest absolute Gasteiger partial charge is 0.327 e. The van der Waals surface area contributed by atoms with Gasteiger partial charge in [-0.1, -0.05) is 0 Å². The van der Waals surface area contributed by atoms with Crippen LogP contribution in [0.5, 0.6) is 0 Å². The van der Waals surface area contributed by atoms with Gasteiger partial charge in [0, 0.05) is 19.3 Å². The number of nitrogens with one attached hydrogen (secondary N) is 1. The van der Waals surface area contributed by atoms with Crippen molar-refractivity contribution in [3.05, 3.63) is 30.1 Å². The summed E-state index contributed by atoms with van der Waals surface area (Å²) in [6.07, 6.45) is 0.285. The summed E-state index contributed by atoms with van der Waals surface area (Å²) < 4.78 is 12.6. The van der Waals surface area contributed by atoms with Gasteiger partial charge in [-0.2, -0.15) is 5.26 Å². The van der Waals surface area contributed by atoms with Crippen molar-refractivity contribution in [1.29, 1.82) is 5.26 Å². The van der Waals surface area contributed by atoms with E-state index in [2.05, 4.69) is 5.32 Å². The van der Waals surface area contributed by atoms with E-state index in [4.69, 9.17) is 5.26 Å². The summed E-state index contributed by atoms with van der Waals surface area (Å²) in [6, 6.07) is 7.13. The van der Waals surface area contributed by atoms with Gasteiger partial charge >= 0.3 is 6.03 Å². The van der Waals surface area contributed by atoms with Gasteiger partial charge < -0.3 is 10.2 Å². The highest BCUT2D eigenvalue weighted by atomic mass is 19.1. The number of anilines is 1. The minimum Gasteiger partial charge on any atom is -0.327 e. The molecule has 0 bridgehead atoms. The van der Waals surface area contributed by atoms with E-state index in [1.165, 1.54) is 29.2 Å². The molecule has 1 rings (SSSR count). The molecule has 4 nitrogen and oxygen atoms in total. The normalized spacial score (nSPS) is 9.31. The van der Waals surface area contributed by atoms with E-state index in [9.17, 15) is 9.18 Å². The monoisotopic (exact) mass is 221 g/mol. The zero-order chi connectivity index (χ0) is 12.0. The Morgan fingerprint density at radius 2 is 2.12 bits per heavy atom. The molecule has 0 aliphatic heterocycles. The van der Waals surface area contributed by atoms with Gasteiger partial charge in [0.05, 0.1) is 12.5 Å². The van der Waals surface area contributed by atoms with Crippen LogP contribution in [-0.2, 0) is 0 Å². The van der Waals surface area contributed by atoms with Crippen LogP contribution in [-0.4, -0.2) is 24.5 Å². The third-order valence-electron chi connectivity index (χ3n) is 2.00. The minimum atomic E-state index is -0.351. The van der Waals surface area contributed by atoms with E-state index in [-0.39, 0.29) is 18.3 Å². The molecule has 0 fully saturated rings. The quantitative estimate of drug-likeness (QED) is 0.850. The van der Waals surface area contributed by atoms with Gasteiger partial charge in [0.25, 0.3) is 0 Å². The summed E-state index contributed by atoms with van der Waals surface area (Å²) in [5, 5.41) is 11.0. The number of carbonyl (C=O) groups excluding carboxylic acids is 1. The average molecular weight is 221 g/mol. The number of rotatable bonds is 3. The molecule has 0 atom stereocenters. The zero-order valence-corrected chi connectivity index (χ0v) is 8.90. The van der Waals surface area contributed by atoms with E-state index in [0.29, 0.717) is 12.2 Å². The summed E-state index contributed by atoms with van der Waals surface area (Å²) in [5.41, 5.74) is 0.523. The fourth-order valence-electron chi connectivity index (χ4n) is 1.07. The lowest BCUT2D eigenvalue weighted by atomic mass is 10.3. The highest BCUT2D eigenvalue weighted by Gasteiger charge is 2.07. The lowest BCUT2D eigenvalue weighted by molar-refractivity contribution is 0.223. The van der Waals surface area contributed by atoms with Crippen LogP contribution < -0.4 is 5.32 Å². The lowest BCUT2D eigenvalue weighted by Crippen LogP contribution is -2.31. The van der Waals surface area contributed by atoms with Crippen LogP contribution in [0.1, 0.15) is 6.42 Å². The Morgan fingerprint density at radius 3 is 2.69 bits per heavy atom. The second-order valence-electron chi connectivity index (χ2n) is 3.27. The molecule has 5 heteroatoms. The molecule has 0 spiro atoms. The van der Waals surface area contributed by atoms with Crippen molar-refractivity contribution in [2.75, 3.05) is 18.9 Å². The average Bonchev–Trinajstić information content (AvgIpc) is 2.29. The van der Waals surface area contributed by atoms with Gasteiger partial charge in [0.1, 0.15) is 5.82 Å². The molecule has 0 saturated carbocycles. The number of urea groups is 1. The Labute approximate surface area is 93.3 Å². The summed E-state index contributed by atoms with van der Waals surface area (Å²) in [5.74, 6) is -0.351. The predicted octanol–water partition coefficient (Wildman–Crippen LogP) is 2.20. The first kappa shape index (κ1) is 12.0. The van der Waals surface area contributed by atoms with Crippen molar-refractivity contribution in [3.8, 4) is 6.07 Å². The van der Waals surface area contributed by atoms with Crippen LogP contribution in [0.2, 0.25) is 0 Å². The maximum absolute atomic E-state index is 12.6. The SMILES string of the molecule is CN(CCC#N)C(=O)Nc1ccc(F)cc1. The summed E-state index contributed by atoms with van der Waals surface area (Å²) in [7, 11) is 1.59. The van der Waals surface area contributed by atoms with Crippen molar-refractivity contribution in [1.82, 2.24) is 4.90 Å². The topological polar surface area (TPSA) is 56.1 Å². The van der Waals surface area contributed by atoms with E-state index in [0.717, 1.165) is 0 Å². The zero-order valence-electron chi connectivity index (χ0n) is 8.90. The van der Waals surface area contributed by atoms with Crippen LogP contribution in [0.3, 0.4) is 0 Å². The number of carbonyl (C=O) groups is 1. The Kier molecular flexibility index (Phi) is 4.28. The second-order valence-corrected chi connectivity index (χ2v) is 3.27. The lowest BCUT2D eigenvalue weighted by Gasteiger charge is -2.16. The summed E-state index contributed by atoms with van der Waals surface area (Å²) in [6.45, 7) is 0.365. The number of nitriles is 1. The molecule has 0 unspecified atom stereocenters. The van der Waals surface area contributed by atoms with E-state index >= 15 is 0 Å². The van der Waals surface area contributed by atoms with Crippen LogP contribution in [0, 0.1) is 17.1 Å². The Hall–Kier alpha value is -2.09. The van der Waals surface area contributed by atoms with Gasteiger partial charge in [0.2, 0.25) is 0 Å². The number of halogens is 1. The summed E-state index contributed by atoms with van der Waals surface area (Å²) in [4.78, 5) is 12.9. The number of hydrogen-bond donors (Lipinski definition) is 1. The molecule has 1 N–H and O–H groups in total. The van der Waals surface area contributed by atoms with Gasteiger partial charge in [-0.25, -0.2) is 9.18 Å². The molecule has 2 amide bonds. The molecule has 1 aromatic carbocycles. The molecule has 0 radical (unpaired) electrons. The van der Waals surface area contributed by atoms with Crippen LogP contribution in [0.4, 0.5) is 14.9 Å². The molecular formula is C11H12FN3O. The van der Waals surface area contributed by atoms with Crippen molar-refractivity contribution >= 4 is 11.7 Å². The molecule has 1 aromatic rings. The predicted molar refractivity (Wildman–Crippen MR) is 58.3 cm³/mol. The van der Waals surface area contributed by atoms with Crippen molar-refractivity contribution in [2.24, 2.45) is 0 Å². The molecule has 0 aromatic heterocycles. The van der Waals surface area contributed by atoms with Gasteiger partial charge in [-0.3, -0.25) is 0 Å². The molecule has 0 saturated heterocycles. The molecule has 0 aliphatic rings. The Bertz CT molecular complexity index is 397. The Morgan fingerprint density at radius 1 is 1.50 bits per heavy atom. The molecule has 0 heterocycles. The van der Waals surface area contributed by atoms with Crippen molar-refractivity contribution in [2.45, 2.75) is 6.42 Å². The third-order valence-corrected chi connectivity index (χ3v) is 2.00. The Balaban J connectivity index is 2.51. The van der Waals surface area contributed by atoms with E-state index < -0.39 is 0 Å².